The van der Waals surface area contributed by atoms with Gasteiger partial charge >= 0.3 is 6.18 Å². The minimum atomic E-state index is -4.71. The van der Waals surface area contributed by atoms with Gasteiger partial charge in [0.05, 0.1) is 20.9 Å². The number of thiazole rings is 1. The maximum Gasteiger partial charge on any atom is 0.435 e. The van der Waals surface area contributed by atoms with Crippen molar-refractivity contribution in [1.29, 1.82) is 0 Å². The van der Waals surface area contributed by atoms with Gasteiger partial charge in [0.2, 0.25) is 0 Å². The van der Waals surface area contributed by atoms with Crippen molar-refractivity contribution < 1.29 is 18.0 Å². The highest BCUT2D eigenvalue weighted by molar-refractivity contribution is 7.22. The van der Waals surface area contributed by atoms with Crippen LogP contribution in [0.2, 0.25) is 5.02 Å². The molecule has 0 radical (unpaired) electrons. The number of nitrogens with zero attached hydrogens (tertiary/aromatic N) is 3. The second kappa shape index (κ2) is 7.16. The fraction of sp³-hybridized carbons (Fsp3) is 0.105. The second-order valence-electron chi connectivity index (χ2n) is 6.17. The molecule has 1 amide bonds. The van der Waals surface area contributed by atoms with E-state index in [0.717, 1.165) is 20.5 Å². The number of hydrogen-bond donors (Lipinski definition) is 1. The Kier molecular flexibility index (Phi) is 4.79. The molecule has 1 N–H and O–H groups in total. The molecule has 10 heteroatoms. The van der Waals surface area contributed by atoms with Crippen molar-refractivity contribution in [1.82, 2.24) is 14.8 Å². The van der Waals surface area contributed by atoms with Crippen molar-refractivity contribution in [2.24, 2.45) is 0 Å². The Morgan fingerprint density at radius 1 is 1.17 bits per heavy atom. The van der Waals surface area contributed by atoms with E-state index in [4.69, 9.17) is 11.6 Å². The van der Waals surface area contributed by atoms with E-state index in [1.807, 2.05) is 25.1 Å². The lowest BCUT2D eigenvalue weighted by molar-refractivity contribution is -0.141. The summed E-state index contributed by atoms with van der Waals surface area (Å²) in [6, 6.07) is 12.5. The summed E-state index contributed by atoms with van der Waals surface area (Å²) < 4.78 is 41.4. The number of benzene rings is 2. The number of amides is 1. The number of para-hydroxylation sites is 2. The van der Waals surface area contributed by atoms with Crippen LogP contribution in [-0.4, -0.2) is 20.7 Å². The molecule has 29 heavy (non-hydrogen) atoms. The van der Waals surface area contributed by atoms with E-state index in [2.05, 4.69) is 15.4 Å². The van der Waals surface area contributed by atoms with Gasteiger partial charge in [-0.05, 0) is 30.7 Å². The molecule has 148 valence electrons. The SMILES string of the molecule is Cc1cccc2sc(NC(=O)c3cc(C(F)(F)F)nn3-c3ccccc3Cl)nc12. The van der Waals surface area contributed by atoms with Crippen molar-refractivity contribution in [3.8, 4) is 5.69 Å². The van der Waals surface area contributed by atoms with Crippen LogP contribution in [0.3, 0.4) is 0 Å². The third kappa shape index (κ3) is 3.70. The van der Waals surface area contributed by atoms with E-state index in [0.29, 0.717) is 6.07 Å². The van der Waals surface area contributed by atoms with Crippen molar-refractivity contribution >= 4 is 44.2 Å². The number of hydrogen-bond acceptors (Lipinski definition) is 4. The number of aryl methyl sites for hydroxylation is 1. The van der Waals surface area contributed by atoms with Gasteiger partial charge < -0.3 is 0 Å². The average Bonchev–Trinajstić information content (AvgIpc) is 3.27. The number of alkyl halides is 3. The minimum Gasteiger partial charge on any atom is -0.296 e. The maximum atomic E-state index is 13.2. The molecular weight excluding hydrogens is 425 g/mol. The monoisotopic (exact) mass is 436 g/mol. The van der Waals surface area contributed by atoms with Crippen molar-refractivity contribution in [2.45, 2.75) is 13.1 Å². The van der Waals surface area contributed by atoms with Gasteiger partial charge in [-0.25, -0.2) is 9.67 Å². The smallest absolute Gasteiger partial charge is 0.296 e. The quantitative estimate of drug-likeness (QED) is 0.447. The molecule has 4 aromatic rings. The third-order valence-electron chi connectivity index (χ3n) is 4.15. The topological polar surface area (TPSA) is 59.8 Å². The lowest BCUT2D eigenvalue weighted by Crippen LogP contribution is -2.17. The van der Waals surface area contributed by atoms with Crippen LogP contribution in [0, 0.1) is 6.92 Å². The van der Waals surface area contributed by atoms with Gasteiger partial charge in [-0.3, -0.25) is 10.1 Å². The van der Waals surface area contributed by atoms with E-state index >= 15 is 0 Å². The Morgan fingerprint density at radius 3 is 2.62 bits per heavy atom. The number of carbonyl (C=O) groups excluding carboxylic acids is 1. The van der Waals surface area contributed by atoms with Crippen LogP contribution in [0.25, 0.3) is 15.9 Å². The number of aromatic nitrogens is 3. The van der Waals surface area contributed by atoms with Gasteiger partial charge in [-0.15, -0.1) is 0 Å². The van der Waals surface area contributed by atoms with Gasteiger partial charge in [-0.2, -0.15) is 18.3 Å². The molecule has 0 saturated heterocycles. The fourth-order valence-electron chi connectivity index (χ4n) is 2.79. The molecule has 0 aliphatic heterocycles. The Hall–Kier alpha value is -2.91. The molecule has 4 rings (SSSR count). The average molecular weight is 437 g/mol. The first-order chi connectivity index (χ1) is 13.7. The molecule has 0 aliphatic carbocycles. The highest BCUT2D eigenvalue weighted by Crippen LogP contribution is 2.32. The standard InChI is InChI=1S/C19H12ClF3N4OS/c1-10-5-4-8-14-16(10)24-18(29-14)25-17(28)13-9-15(19(21,22)23)26-27(13)12-7-3-2-6-11(12)20/h2-9H,1H3,(H,24,25,28). The number of fused-ring (bicyclic) bond motifs is 1. The van der Waals surface area contributed by atoms with E-state index in [-0.39, 0.29) is 21.5 Å². The zero-order chi connectivity index (χ0) is 20.8. The van der Waals surface area contributed by atoms with E-state index in [1.165, 1.54) is 23.5 Å². The number of rotatable bonds is 3. The van der Waals surface area contributed by atoms with Crippen molar-refractivity contribution in [3.05, 3.63) is 70.5 Å². The highest BCUT2D eigenvalue weighted by Gasteiger charge is 2.36. The molecule has 5 nitrogen and oxygen atoms in total. The Labute approximate surface area is 171 Å². The summed E-state index contributed by atoms with van der Waals surface area (Å²) in [5.74, 6) is -0.773. The number of halogens is 4. The highest BCUT2D eigenvalue weighted by atomic mass is 35.5. The van der Waals surface area contributed by atoms with Gasteiger partial charge in [0.1, 0.15) is 5.69 Å². The molecule has 0 spiro atoms. The van der Waals surface area contributed by atoms with Crippen molar-refractivity contribution in [2.75, 3.05) is 5.32 Å². The summed E-state index contributed by atoms with van der Waals surface area (Å²) in [5, 5.41) is 6.57. The minimum absolute atomic E-state index is 0.161. The largest absolute Gasteiger partial charge is 0.435 e. The first-order valence-corrected chi connectivity index (χ1v) is 9.53. The molecule has 0 aliphatic rings. The maximum absolute atomic E-state index is 13.2. The number of carbonyl (C=O) groups is 1. The summed E-state index contributed by atoms with van der Waals surface area (Å²) in [6.07, 6.45) is -4.71. The molecule has 2 aromatic heterocycles. The summed E-state index contributed by atoms with van der Waals surface area (Å²) in [4.78, 5) is 17.2. The molecule has 2 heterocycles. The second-order valence-corrected chi connectivity index (χ2v) is 7.61. The van der Waals surface area contributed by atoms with Crippen LogP contribution in [0.1, 0.15) is 21.7 Å². The lowest BCUT2D eigenvalue weighted by atomic mass is 10.2. The zero-order valence-corrected chi connectivity index (χ0v) is 16.4. The van der Waals surface area contributed by atoms with Gasteiger partial charge in [-0.1, -0.05) is 47.2 Å². The van der Waals surface area contributed by atoms with Crippen LogP contribution in [0.5, 0.6) is 0 Å². The normalized spacial score (nSPS) is 11.8. The molecule has 0 unspecified atom stereocenters. The van der Waals surface area contributed by atoms with E-state index in [1.54, 1.807) is 12.1 Å². The zero-order valence-electron chi connectivity index (χ0n) is 14.8. The fourth-order valence-corrected chi connectivity index (χ4v) is 3.94. The van der Waals surface area contributed by atoms with Crippen LogP contribution in [0.4, 0.5) is 18.3 Å². The molecule has 0 bridgehead atoms. The van der Waals surface area contributed by atoms with Crippen molar-refractivity contribution in [3.63, 3.8) is 0 Å². The number of anilines is 1. The summed E-state index contributed by atoms with van der Waals surface area (Å²) in [7, 11) is 0. The van der Waals surface area contributed by atoms with Gasteiger partial charge in [0.15, 0.2) is 10.8 Å². The molecular formula is C19H12ClF3N4OS. The summed E-state index contributed by atoms with van der Waals surface area (Å²) in [5.41, 5.74) is 0.321. The van der Waals surface area contributed by atoms with Crippen LogP contribution < -0.4 is 5.32 Å². The summed E-state index contributed by atoms with van der Waals surface area (Å²) in [6.45, 7) is 1.88. The summed E-state index contributed by atoms with van der Waals surface area (Å²) >= 11 is 7.34. The van der Waals surface area contributed by atoms with Crippen LogP contribution in [-0.2, 0) is 6.18 Å². The number of nitrogens with one attached hydrogen (secondary N) is 1. The Balaban J connectivity index is 1.76. The Bertz CT molecular complexity index is 1230. The Morgan fingerprint density at radius 2 is 1.93 bits per heavy atom. The molecule has 0 fully saturated rings. The first-order valence-electron chi connectivity index (χ1n) is 8.34. The van der Waals surface area contributed by atoms with E-state index in [9.17, 15) is 18.0 Å². The predicted octanol–water partition coefficient (Wildman–Crippen LogP) is 5.71. The van der Waals surface area contributed by atoms with Crippen LogP contribution in [0.15, 0.2) is 48.5 Å². The van der Waals surface area contributed by atoms with Gasteiger partial charge in [0.25, 0.3) is 5.91 Å². The molecule has 0 saturated carbocycles. The van der Waals surface area contributed by atoms with Crippen LogP contribution >= 0.6 is 22.9 Å². The van der Waals surface area contributed by atoms with Gasteiger partial charge in [0, 0.05) is 6.07 Å². The lowest BCUT2D eigenvalue weighted by Gasteiger charge is -2.08. The third-order valence-corrected chi connectivity index (χ3v) is 5.41. The van der Waals surface area contributed by atoms with E-state index < -0.39 is 17.8 Å². The molecule has 2 aromatic carbocycles. The predicted molar refractivity (Wildman–Crippen MR) is 106 cm³/mol. The first kappa shape index (κ1) is 19.4. The molecule has 0 atom stereocenters.